The molecule has 5 heteroatoms. The van der Waals surface area contributed by atoms with E-state index in [1.165, 1.54) is 16.5 Å². The highest BCUT2D eigenvalue weighted by molar-refractivity contribution is 6.05. The molecule has 0 aliphatic heterocycles. The molecular formula is C20H16N4O. The van der Waals surface area contributed by atoms with Crippen molar-refractivity contribution >= 4 is 22.5 Å². The summed E-state index contributed by atoms with van der Waals surface area (Å²) in [6.45, 7) is 0. The first-order valence-electron chi connectivity index (χ1n) is 8.33. The molecule has 1 aliphatic rings. The number of aromatic amines is 2. The summed E-state index contributed by atoms with van der Waals surface area (Å²) in [5.74, 6) is -0.105. The van der Waals surface area contributed by atoms with E-state index in [2.05, 4.69) is 26.6 Å². The van der Waals surface area contributed by atoms with Crippen molar-refractivity contribution in [2.75, 3.05) is 5.32 Å². The first kappa shape index (κ1) is 14.0. The molecule has 0 unspecified atom stereocenters. The topological polar surface area (TPSA) is 73.6 Å². The number of aryl methyl sites for hydroxylation is 2. The zero-order valence-electron chi connectivity index (χ0n) is 13.5. The maximum absolute atomic E-state index is 12.3. The van der Waals surface area contributed by atoms with Crippen LogP contribution >= 0.6 is 0 Å². The number of hydrogen-bond donors (Lipinski definition) is 3. The van der Waals surface area contributed by atoms with E-state index in [-0.39, 0.29) is 5.91 Å². The molecule has 1 aliphatic carbocycles. The van der Waals surface area contributed by atoms with Crippen LogP contribution in [-0.4, -0.2) is 21.1 Å². The van der Waals surface area contributed by atoms with Crippen LogP contribution in [-0.2, 0) is 12.8 Å². The van der Waals surface area contributed by atoms with Crippen LogP contribution in [0.4, 0.5) is 5.69 Å². The Morgan fingerprint density at radius 1 is 1.04 bits per heavy atom. The normalized spacial score (nSPS) is 12.6. The van der Waals surface area contributed by atoms with Crippen LogP contribution in [0.15, 0.2) is 54.7 Å². The Morgan fingerprint density at radius 3 is 2.80 bits per heavy atom. The number of nitrogens with one attached hydrogen (secondary N) is 3. The molecule has 2 aromatic carbocycles. The second kappa shape index (κ2) is 5.34. The Hall–Kier alpha value is -3.34. The number of hydrogen-bond acceptors (Lipinski definition) is 2. The molecule has 2 heterocycles. The summed E-state index contributed by atoms with van der Waals surface area (Å²) in [5.41, 5.74) is 7.20. The van der Waals surface area contributed by atoms with Gasteiger partial charge < -0.3 is 10.3 Å². The Bertz CT molecular complexity index is 1090. The largest absolute Gasteiger partial charge is 0.353 e. The highest BCUT2D eigenvalue weighted by atomic mass is 16.1. The lowest BCUT2D eigenvalue weighted by atomic mass is 9.94. The lowest BCUT2D eigenvalue weighted by Crippen LogP contribution is -2.11. The van der Waals surface area contributed by atoms with Crippen LogP contribution in [0.5, 0.6) is 0 Å². The van der Waals surface area contributed by atoms with Gasteiger partial charge in [-0.3, -0.25) is 9.89 Å². The summed E-state index contributed by atoms with van der Waals surface area (Å²) in [5, 5.41) is 11.4. The van der Waals surface area contributed by atoms with Crippen molar-refractivity contribution in [3.8, 4) is 11.4 Å². The number of fused-ring (bicyclic) bond motifs is 5. The van der Waals surface area contributed by atoms with Gasteiger partial charge in [-0.25, -0.2) is 0 Å². The highest BCUT2D eigenvalue weighted by Gasteiger charge is 2.22. The fourth-order valence-corrected chi connectivity index (χ4v) is 3.58. The number of anilines is 1. The lowest BCUT2D eigenvalue weighted by Gasteiger charge is -2.11. The molecule has 0 saturated carbocycles. The molecule has 5 nitrogen and oxygen atoms in total. The van der Waals surface area contributed by atoms with Crippen LogP contribution in [0.25, 0.3) is 22.3 Å². The van der Waals surface area contributed by atoms with Gasteiger partial charge in [0.05, 0.1) is 17.6 Å². The van der Waals surface area contributed by atoms with Gasteiger partial charge in [0.1, 0.15) is 0 Å². The summed E-state index contributed by atoms with van der Waals surface area (Å²) >= 11 is 0. The van der Waals surface area contributed by atoms with Gasteiger partial charge in [-0.15, -0.1) is 0 Å². The molecule has 0 fully saturated rings. The van der Waals surface area contributed by atoms with Crippen LogP contribution in [0, 0.1) is 0 Å². The third-order valence-corrected chi connectivity index (χ3v) is 4.81. The van der Waals surface area contributed by atoms with Crippen LogP contribution in [0.1, 0.15) is 21.5 Å². The summed E-state index contributed by atoms with van der Waals surface area (Å²) < 4.78 is 0. The molecular weight excluding hydrogens is 312 g/mol. The van der Waals surface area contributed by atoms with Gasteiger partial charge in [0.25, 0.3) is 5.91 Å². The third-order valence-electron chi connectivity index (χ3n) is 4.81. The van der Waals surface area contributed by atoms with Gasteiger partial charge >= 0.3 is 0 Å². The van der Waals surface area contributed by atoms with Gasteiger partial charge in [0.2, 0.25) is 0 Å². The second-order valence-electron chi connectivity index (χ2n) is 6.33. The van der Waals surface area contributed by atoms with Gasteiger partial charge in [-0.05, 0) is 48.2 Å². The van der Waals surface area contributed by atoms with E-state index in [1.807, 2.05) is 36.5 Å². The predicted molar refractivity (Wildman–Crippen MR) is 97.7 cm³/mol. The Morgan fingerprint density at radius 2 is 1.92 bits per heavy atom. The summed E-state index contributed by atoms with van der Waals surface area (Å²) in [6.07, 6.45) is 3.89. The van der Waals surface area contributed by atoms with Crippen molar-refractivity contribution in [2.45, 2.75) is 12.8 Å². The van der Waals surface area contributed by atoms with E-state index < -0.39 is 0 Å². The first-order chi connectivity index (χ1) is 12.3. The van der Waals surface area contributed by atoms with Gasteiger partial charge in [0.15, 0.2) is 0 Å². The third kappa shape index (κ3) is 2.24. The quantitative estimate of drug-likeness (QED) is 0.522. The van der Waals surface area contributed by atoms with Crippen LogP contribution < -0.4 is 5.32 Å². The SMILES string of the molecule is O=C(Nc1ccc2c3c([nH]c2c1)-c1[nH]ncc1CC3)c1ccccc1. The highest BCUT2D eigenvalue weighted by Crippen LogP contribution is 2.36. The molecule has 122 valence electrons. The van der Waals surface area contributed by atoms with Crippen LogP contribution in [0.2, 0.25) is 0 Å². The number of nitrogens with zero attached hydrogens (tertiary/aromatic N) is 1. The number of rotatable bonds is 2. The molecule has 0 spiro atoms. The van der Waals surface area contributed by atoms with E-state index in [1.54, 1.807) is 12.1 Å². The maximum atomic E-state index is 12.3. The number of carbonyl (C=O) groups excluding carboxylic acids is 1. The molecule has 0 atom stereocenters. The molecule has 5 rings (SSSR count). The van der Waals surface area contributed by atoms with Crippen LogP contribution in [0.3, 0.4) is 0 Å². The van der Waals surface area contributed by atoms with Gasteiger partial charge in [0, 0.05) is 22.2 Å². The summed E-state index contributed by atoms with van der Waals surface area (Å²) in [6, 6.07) is 15.3. The van der Waals surface area contributed by atoms with E-state index in [9.17, 15) is 4.79 Å². The smallest absolute Gasteiger partial charge is 0.255 e. The van der Waals surface area contributed by atoms with Gasteiger partial charge in [-0.2, -0.15) is 5.10 Å². The molecule has 2 aromatic heterocycles. The fourth-order valence-electron chi connectivity index (χ4n) is 3.58. The Balaban J connectivity index is 1.52. The summed E-state index contributed by atoms with van der Waals surface area (Å²) in [7, 11) is 0. The van der Waals surface area contributed by atoms with Crippen molar-refractivity contribution in [3.05, 3.63) is 71.4 Å². The average Bonchev–Trinajstić information content (AvgIpc) is 3.25. The molecule has 25 heavy (non-hydrogen) atoms. The minimum absolute atomic E-state index is 0.105. The average molecular weight is 328 g/mol. The second-order valence-corrected chi connectivity index (χ2v) is 6.33. The molecule has 4 aromatic rings. The fraction of sp³-hybridized carbons (Fsp3) is 0.100. The monoisotopic (exact) mass is 328 g/mol. The van der Waals surface area contributed by atoms with Crippen molar-refractivity contribution in [1.29, 1.82) is 0 Å². The molecule has 0 bridgehead atoms. The summed E-state index contributed by atoms with van der Waals surface area (Å²) in [4.78, 5) is 15.8. The minimum Gasteiger partial charge on any atom is -0.353 e. The van der Waals surface area contributed by atoms with Crippen molar-refractivity contribution in [1.82, 2.24) is 15.2 Å². The van der Waals surface area contributed by atoms with Crippen molar-refractivity contribution in [3.63, 3.8) is 0 Å². The molecule has 0 saturated heterocycles. The van der Waals surface area contributed by atoms with Gasteiger partial charge in [-0.1, -0.05) is 24.3 Å². The molecule has 3 N–H and O–H groups in total. The number of amides is 1. The standard InChI is InChI=1S/C20H16N4O/c25-20(12-4-2-1-3-5-12)22-14-7-9-15-16-8-6-13-11-21-24-18(13)19(16)23-17(15)10-14/h1-5,7,9-11,23H,6,8H2,(H,21,24)(H,22,25). The number of H-pyrrole nitrogens is 2. The van der Waals surface area contributed by atoms with Crippen molar-refractivity contribution < 1.29 is 4.79 Å². The Kier molecular flexibility index (Phi) is 3.00. The van der Waals surface area contributed by atoms with E-state index in [0.29, 0.717) is 5.56 Å². The number of benzene rings is 2. The predicted octanol–water partition coefficient (Wildman–Crippen LogP) is 3.91. The lowest BCUT2D eigenvalue weighted by molar-refractivity contribution is 0.102. The van der Waals surface area contributed by atoms with E-state index in [4.69, 9.17) is 0 Å². The number of carbonyl (C=O) groups is 1. The molecule has 0 radical (unpaired) electrons. The first-order valence-corrected chi connectivity index (χ1v) is 8.33. The number of aromatic nitrogens is 3. The van der Waals surface area contributed by atoms with Crippen molar-refractivity contribution in [2.24, 2.45) is 0 Å². The van der Waals surface area contributed by atoms with E-state index in [0.717, 1.165) is 35.4 Å². The van der Waals surface area contributed by atoms with E-state index >= 15 is 0 Å². The zero-order chi connectivity index (χ0) is 16.8. The molecule has 1 amide bonds. The Labute approximate surface area is 144 Å². The minimum atomic E-state index is -0.105. The maximum Gasteiger partial charge on any atom is 0.255 e. The zero-order valence-corrected chi connectivity index (χ0v) is 13.5.